The lowest BCUT2D eigenvalue weighted by Gasteiger charge is -2.12. The second-order valence-corrected chi connectivity index (χ2v) is 4.02. The predicted octanol–water partition coefficient (Wildman–Crippen LogP) is 0.591. The molecule has 19 heavy (non-hydrogen) atoms. The quantitative estimate of drug-likeness (QED) is 0.681. The van der Waals surface area contributed by atoms with Crippen molar-refractivity contribution < 1.29 is 4.79 Å². The molecule has 7 heteroatoms. The summed E-state index contributed by atoms with van der Waals surface area (Å²) in [5.41, 5.74) is 12.5. The first kappa shape index (κ1) is 12.9. The van der Waals surface area contributed by atoms with E-state index in [4.69, 9.17) is 11.5 Å². The number of aromatic nitrogens is 3. The highest BCUT2D eigenvalue weighted by Gasteiger charge is 2.11. The summed E-state index contributed by atoms with van der Waals surface area (Å²) < 4.78 is 1.90. The van der Waals surface area contributed by atoms with Crippen LogP contribution in [0.15, 0.2) is 24.5 Å². The van der Waals surface area contributed by atoms with Gasteiger partial charge in [-0.3, -0.25) is 4.79 Å². The number of hydrogen-bond donors (Lipinski definition) is 3. The lowest BCUT2D eigenvalue weighted by molar-refractivity contribution is 0.100. The van der Waals surface area contributed by atoms with E-state index in [2.05, 4.69) is 15.5 Å². The number of aryl methyl sites for hydroxylation is 1. The molecule has 0 aliphatic heterocycles. The molecular weight excluding hydrogens is 244 g/mol. The molecule has 0 unspecified atom stereocenters. The monoisotopic (exact) mass is 260 g/mol. The van der Waals surface area contributed by atoms with Crippen LogP contribution in [-0.2, 0) is 13.1 Å². The predicted molar refractivity (Wildman–Crippen MR) is 72.4 cm³/mol. The number of rotatable bonds is 5. The number of nitrogens with one attached hydrogen (secondary N) is 1. The number of amides is 1. The molecule has 0 aliphatic carbocycles. The summed E-state index contributed by atoms with van der Waals surface area (Å²) in [7, 11) is 0. The van der Waals surface area contributed by atoms with E-state index in [1.54, 1.807) is 24.5 Å². The highest BCUT2D eigenvalue weighted by Crippen LogP contribution is 2.23. The van der Waals surface area contributed by atoms with Crippen LogP contribution in [0.2, 0.25) is 0 Å². The van der Waals surface area contributed by atoms with Crippen LogP contribution in [0.25, 0.3) is 0 Å². The molecule has 0 aliphatic rings. The smallest absolute Gasteiger partial charge is 0.250 e. The number of primary amides is 1. The van der Waals surface area contributed by atoms with Gasteiger partial charge < -0.3 is 21.4 Å². The first-order chi connectivity index (χ1) is 9.13. The molecule has 2 aromatic rings. The van der Waals surface area contributed by atoms with E-state index in [1.807, 2.05) is 11.5 Å². The zero-order valence-corrected chi connectivity index (χ0v) is 10.6. The van der Waals surface area contributed by atoms with Crippen LogP contribution in [0.3, 0.4) is 0 Å². The van der Waals surface area contributed by atoms with Gasteiger partial charge in [-0.25, -0.2) is 0 Å². The third-order valence-electron chi connectivity index (χ3n) is 2.82. The van der Waals surface area contributed by atoms with Crippen LogP contribution in [0.1, 0.15) is 23.1 Å². The number of benzene rings is 1. The van der Waals surface area contributed by atoms with Crippen molar-refractivity contribution in [3.63, 3.8) is 0 Å². The van der Waals surface area contributed by atoms with Gasteiger partial charge in [0, 0.05) is 6.54 Å². The van der Waals surface area contributed by atoms with Crippen molar-refractivity contribution in [3.8, 4) is 0 Å². The van der Waals surface area contributed by atoms with Gasteiger partial charge in [-0.1, -0.05) is 6.07 Å². The number of nitrogen functional groups attached to an aromatic ring is 1. The summed E-state index contributed by atoms with van der Waals surface area (Å²) >= 11 is 0. The minimum absolute atomic E-state index is 0.363. The Bertz CT molecular complexity index is 592. The number of nitrogens with zero attached hydrogens (tertiary/aromatic N) is 3. The largest absolute Gasteiger partial charge is 0.397 e. The number of anilines is 2. The normalized spacial score (nSPS) is 10.4. The van der Waals surface area contributed by atoms with Gasteiger partial charge in [-0.2, -0.15) is 0 Å². The molecule has 0 radical (unpaired) electrons. The summed E-state index contributed by atoms with van der Waals surface area (Å²) in [5, 5.41) is 10.9. The van der Waals surface area contributed by atoms with Crippen LogP contribution in [0.5, 0.6) is 0 Å². The molecule has 2 rings (SSSR count). The molecular formula is C12H16N6O. The van der Waals surface area contributed by atoms with Crippen molar-refractivity contribution in [1.29, 1.82) is 0 Å². The number of carbonyl (C=O) groups is 1. The fourth-order valence-electron chi connectivity index (χ4n) is 1.82. The molecule has 0 saturated heterocycles. The standard InChI is InChI=1S/C12H16N6O/c1-2-18-7-16-17-10(18)6-15-11-8(12(14)19)4-3-5-9(11)13/h3-5,7,15H,2,6,13H2,1H3,(H2,14,19). The van der Waals surface area contributed by atoms with E-state index >= 15 is 0 Å². The molecule has 0 saturated carbocycles. The van der Waals surface area contributed by atoms with E-state index in [-0.39, 0.29) is 0 Å². The minimum Gasteiger partial charge on any atom is -0.397 e. The summed E-state index contributed by atoms with van der Waals surface area (Å²) in [6.45, 7) is 3.19. The van der Waals surface area contributed by atoms with Crippen LogP contribution >= 0.6 is 0 Å². The molecule has 1 heterocycles. The van der Waals surface area contributed by atoms with Crippen molar-refractivity contribution in [3.05, 3.63) is 35.9 Å². The van der Waals surface area contributed by atoms with Gasteiger partial charge in [0.15, 0.2) is 5.82 Å². The molecule has 1 aromatic heterocycles. The van der Waals surface area contributed by atoms with E-state index < -0.39 is 5.91 Å². The van der Waals surface area contributed by atoms with E-state index in [1.165, 1.54) is 0 Å². The van der Waals surface area contributed by atoms with E-state index in [9.17, 15) is 4.79 Å². The van der Waals surface area contributed by atoms with Crippen LogP contribution in [0.4, 0.5) is 11.4 Å². The van der Waals surface area contributed by atoms with E-state index in [0.29, 0.717) is 23.5 Å². The van der Waals surface area contributed by atoms with Crippen molar-refractivity contribution in [2.24, 2.45) is 5.73 Å². The van der Waals surface area contributed by atoms with Crippen molar-refractivity contribution >= 4 is 17.3 Å². The van der Waals surface area contributed by atoms with Crippen LogP contribution in [0, 0.1) is 0 Å². The minimum atomic E-state index is -0.522. The molecule has 0 spiro atoms. The average Bonchev–Trinajstić information content (AvgIpc) is 2.84. The Kier molecular flexibility index (Phi) is 3.65. The van der Waals surface area contributed by atoms with Crippen molar-refractivity contribution in [2.45, 2.75) is 20.0 Å². The lowest BCUT2D eigenvalue weighted by atomic mass is 10.1. The Morgan fingerprint density at radius 3 is 2.95 bits per heavy atom. The first-order valence-corrected chi connectivity index (χ1v) is 5.92. The molecule has 0 bridgehead atoms. The highest BCUT2D eigenvalue weighted by molar-refractivity contribution is 6.01. The summed E-state index contributed by atoms with van der Waals surface area (Å²) in [6, 6.07) is 5.03. The molecule has 1 amide bonds. The number of nitrogens with two attached hydrogens (primary N) is 2. The van der Waals surface area contributed by atoms with Gasteiger partial charge in [0.2, 0.25) is 0 Å². The lowest BCUT2D eigenvalue weighted by Crippen LogP contribution is -2.16. The molecule has 0 fully saturated rings. The highest BCUT2D eigenvalue weighted by atomic mass is 16.1. The maximum atomic E-state index is 11.4. The maximum Gasteiger partial charge on any atom is 0.250 e. The molecule has 0 atom stereocenters. The first-order valence-electron chi connectivity index (χ1n) is 5.92. The van der Waals surface area contributed by atoms with Crippen molar-refractivity contribution in [2.75, 3.05) is 11.1 Å². The summed E-state index contributed by atoms with van der Waals surface area (Å²) in [5.74, 6) is 0.243. The zero-order chi connectivity index (χ0) is 13.8. The van der Waals surface area contributed by atoms with Crippen molar-refractivity contribution in [1.82, 2.24) is 14.8 Å². The fraction of sp³-hybridized carbons (Fsp3) is 0.250. The topological polar surface area (TPSA) is 112 Å². The molecule has 100 valence electrons. The third kappa shape index (κ3) is 2.65. The second kappa shape index (κ2) is 5.38. The molecule has 5 N–H and O–H groups in total. The van der Waals surface area contributed by atoms with Crippen LogP contribution in [-0.4, -0.2) is 20.7 Å². The summed E-state index contributed by atoms with van der Waals surface area (Å²) in [6.07, 6.45) is 1.65. The van der Waals surface area contributed by atoms with E-state index in [0.717, 1.165) is 12.4 Å². The van der Waals surface area contributed by atoms with Gasteiger partial charge >= 0.3 is 0 Å². The second-order valence-electron chi connectivity index (χ2n) is 4.02. The Hall–Kier alpha value is -2.57. The number of para-hydroxylation sites is 1. The number of carbonyl (C=O) groups excluding carboxylic acids is 1. The molecule has 1 aromatic carbocycles. The van der Waals surface area contributed by atoms with Gasteiger partial charge in [-0.15, -0.1) is 10.2 Å². The Balaban J connectivity index is 2.22. The van der Waals surface area contributed by atoms with Crippen LogP contribution < -0.4 is 16.8 Å². The number of hydrogen-bond acceptors (Lipinski definition) is 5. The van der Waals surface area contributed by atoms with Gasteiger partial charge in [0.05, 0.1) is 23.5 Å². The SMILES string of the molecule is CCn1cnnc1CNc1c(N)cccc1C(N)=O. The Morgan fingerprint density at radius 1 is 1.47 bits per heavy atom. The Morgan fingerprint density at radius 2 is 2.26 bits per heavy atom. The maximum absolute atomic E-state index is 11.4. The van der Waals surface area contributed by atoms with Gasteiger partial charge in [0.1, 0.15) is 6.33 Å². The Labute approximate surface area is 110 Å². The zero-order valence-electron chi connectivity index (χ0n) is 10.6. The summed E-state index contributed by atoms with van der Waals surface area (Å²) in [4.78, 5) is 11.4. The third-order valence-corrected chi connectivity index (χ3v) is 2.82. The van der Waals surface area contributed by atoms with Gasteiger partial charge in [-0.05, 0) is 19.1 Å². The average molecular weight is 260 g/mol. The fourth-order valence-corrected chi connectivity index (χ4v) is 1.82. The molecule has 7 nitrogen and oxygen atoms in total. The van der Waals surface area contributed by atoms with Gasteiger partial charge in [0.25, 0.3) is 5.91 Å².